The van der Waals surface area contributed by atoms with Gasteiger partial charge in [0.1, 0.15) is 34.8 Å². The van der Waals surface area contributed by atoms with Gasteiger partial charge < -0.3 is 30.0 Å². The van der Waals surface area contributed by atoms with E-state index in [0.717, 1.165) is 30.4 Å². The van der Waals surface area contributed by atoms with Gasteiger partial charge in [-0.25, -0.2) is 4.79 Å². The number of allylic oxidation sites excluding steroid dienone is 1. The number of fused-ring (bicyclic) bond motifs is 1. The van der Waals surface area contributed by atoms with Crippen LogP contribution in [0.25, 0.3) is 11.0 Å². The number of Topliss-reactive ketones (excluding diaryl/α,β-unsaturated/α-hetero) is 1. The molecule has 1 atom stereocenters. The van der Waals surface area contributed by atoms with Crippen molar-refractivity contribution in [1.29, 1.82) is 5.26 Å². The third-order valence-corrected chi connectivity index (χ3v) is 7.78. The molecular weight excluding hydrogens is 550 g/mol. The summed E-state index contributed by atoms with van der Waals surface area (Å²) in [6.07, 6.45) is 3.78. The number of ketones is 1. The minimum Gasteiger partial charge on any atom is -0.478 e. The molecule has 2 amide bonds. The van der Waals surface area contributed by atoms with E-state index in [9.17, 15) is 29.5 Å². The molecule has 3 N–H and O–H groups in total. The molecule has 222 valence electrons. The van der Waals surface area contributed by atoms with E-state index in [2.05, 4.69) is 10.6 Å². The van der Waals surface area contributed by atoms with Crippen molar-refractivity contribution in [3.8, 4) is 6.07 Å². The van der Waals surface area contributed by atoms with Crippen LogP contribution >= 0.6 is 0 Å². The van der Waals surface area contributed by atoms with Crippen molar-refractivity contribution < 1.29 is 28.7 Å². The van der Waals surface area contributed by atoms with Crippen molar-refractivity contribution in [1.82, 2.24) is 15.1 Å². The Hall–Kier alpha value is -5.11. The third kappa shape index (κ3) is 6.70. The van der Waals surface area contributed by atoms with Crippen molar-refractivity contribution in [3.63, 3.8) is 0 Å². The van der Waals surface area contributed by atoms with Gasteiger partial charge >= 0.3 is 5.97 Å². The first kappa shape index (κ1) is 29.4. The molecule has 2 saturated heterocycles. The summed E-state index contributed by atoms with van der Waals surface area (Å²) in [6.45, 7) is 3.65. The summed E-state index contributed by atoms with van der Waals surface area (Å²) >= 11 is 0. The lowest BCUT2D eigenvalue weighted by Gasteiger charge is -2.28. The lowest BCUT2D eigenvalue weighted by atomic mass is 10.0. The highest BCUT2D eigenvalue weighted by molar-refractivity contribution is 6.12. The molecule has 3 aromatic rings. The van der Waals surface area contributed by atoms with Gasteiger partial charge in [-0.15, -0.1) is 0 Å². The molecule has 11 nitrogen and oxygen atoms in total. The fraction of sp³-hybridized carbons (Fsp3) is 0.344. The first-order valence-electron chi connectivity index (χ1n) is 14.4. The monoisotopic (exact) mass is 583 g/mol. The van der Waals surface area contributed by atoms with Crippen molar-refractivity contribution in [2.45, 2.75) is 45.1 Å². The van der Waals surface area contributed by atoms with E-state index in [1.165, 1.54) is 24.3 Å². The second kappa shape index (κ2) is 12.8. The lowest BCUT2D eigenvalue weighted by molar-refractivity contribution is -0.140. The summed E-state index contributed by atoms with van der Waals surface area (Å²) in [6, 6.07) is 13.7. The SMILES string of the molecule is Cc1cc2cc(N/C(NC3CCCCN(CC(=O)N4CCCC4)C3=O)=C(\C#N)C(=O)c3ccc(C(=O)O)cc3)ccc2o1. The fourth-order valence-corrected chi connectivity index (χ4v) is 5.50. The average Bonchev–Trinajstić information content (AvgIpc) is 3.63. The molecule has 3 heterocycles. The molecule has 5 rings (SSSR count). The van der Waals surface area contributed by atoms with Gasteiger partial charge in [0.15, 0.2) is 0 Å². The Morgan fingerprint density at radius 1 is 1.00 bits per heavy atom. The predicted octanol–water partition coefficient (Wildman–Crippen LogP) is 4.06. The number of aryl methyl sites for hydroxylation is 1. The van der Waals surface area contributed by atoms with Crippen molar-refractivity contribution in [3.05, 3.63) is 76.8 Å². The Morgan fingerprint density at radius 3 is 2.40 bits per heavy atom. The van der Waals surface area contributed by atoms with Gasteiger partial charge in [-0.2, -0.15) is 5.26 Å². The zero-order valence-electron chi connectivity index (χ0n) is 23.9. The van der Waals surface area contributed by atoms with Crippen LogP contribution in [0.2, 0.25) is 0 Å². The summed E-state index contributed by atoms with van der Waals surface area (Å²) in [7, 11) is 0. The van der Waals surface area contributed by atoms with Gasteiger partial charge in [-0.1, -0.05) is 12.1 Å². The zero-order valence-corrected chi connectivity index (χ0v) is 23.9. The summed E-state index contributed by atoms with van der Waals surface area (Å²) in [4.78, 5) is 54.8. The minimum atomic E-state index is -1.14. The average molecular weight is 584 g/mol. The largest absolute Gasteiger partial charge is 0.478 e. The Labute approximate surface area is 248 Å². The van der Waals surface area contributed by atoms with Crippen LogP contribution in [-0.2, 0) is 9.59 Å². The number of nitriles is 1. The summed E-state index contributed by atoms with van der Waals surface area (Å²) in [5.41, 5.74) is 1.08. The molecule has 1 unspecified atom stereocenters. The Morgan fingerprint density at radius 2 is 1.70 bits per heavy atom. The predicted molar refractivity (Wildman–Crippen MR) is 158 cm³/mol. The molecule has 1 aromatic heterocycles. The number of hydrogen-bond donors (Lipinski definition) is 3. The molecule has 0 bridgehead atoms. The molecule has 43 heavy (non-hydrogen) atoms. The molecule has 0 spiro atoms. The van der Waals surface area contributed by atoms with Crippen LogP contribution in [0.15, 0.2) is 64.3 Å². The van der Waals surface area contributed by atoms with E-state index >= 15 is 0 Å². The van der Waals surface area contributed by atoms with Crippen LogP contribution in [0, 0.1) is 18.3 Å². The van der Waals surface area contributed by atoms with Gasteiger partial charge in [0, 0.05) is 36.3 Å². The maximum absolute atomic E-state index is 13.7. The summed E-state index contributed by atoms with van der Waals surface area (Å²) < 4.78 is 5.66. The Bertz CT molecular complexity index is 1630. The van der Waals surface area contributed by atoms with E-state index in [4.69, 9.17) is 4.42 Å². The van der Waals surface area contributed by atoms with Crippen LogP contribution in [-0.4, -0.2) is 70.7 Å². The number of nitrogens with one attached hydrogen (secondary N) is 2. The number of rotatable bonds is 9. The number of nitrogens with zero attached hydrogens (tertiary/aromatic N) is 3. The molecule has 2 fully saturated rings. The molecule has 0 aliphatic carbocycles. The number of hydrogen-bond acceptors (Lipinski definition) is 8. The molecule has 0 radical (unpaired) electrons. The number of aromatic carboxylic acids is 1. The van der Waals surface area contributed by atoms with Gasteiger partial charge in [0.2, 0.25) is 17.6 Å². The number of carboxylic acid groups (broad SMARTS) is 1. The smallest absolute Gasteiger partial charge is 0.335 e. The summed E-state index contributed by atoms with van der Waals surface area (Å²) in [5, 5.41) is 26.5. The van der Waals surface area contributed by atoms with Crippen LogP contribution in [0.5, 0.6) is 0 Å². The summed E-state index contributed by atoms with van der Waals surface area (Å²) in [5.74, 6) is -1.37. The van der Waals surface area contributed by atoms with E-state index in [1.807, 2.05) is 25.1 Å². The normalized spacial score (nSPS) is 17.7. The number of furan rings is 1. The van der Waals surface area contributed by atoms with Gasteiger partial charge in [-0.3, -0.25) is 14.4 Å². The van der Waals surface area contributed by atoms with Crippen LogP contribution in [0.4, 0.5) is 5.69 Å². The number of benzene rings is 2. The number of carbonyl (C=O) groups excluding carboxylic acids is 3. The highest BCUT2D eigenvalue weighted by atomic mass is 16.4. The van der Waals surface area contributed by atoms with E-state index in [-0.39, 0.29) is 40.9 Å². The molecule has 2 aromatic carbocycles. The number of anilines is 1. The molecule has 2 aliphatic rings. The number of carbonyl (C=O) groups is 4. The first-order chi connectivity index (χ1) is 20.7. The van der Waals surface area contributed by atoms with Crippen molar-refractivity contribution in [2.24, 2.45) is 0 Å². The molecule has 0 saturated carbocycles. The second-order valence-electron chi connectivity index (χ2n) is 10.8. The zero-order chi connectivity index (χ0) is 30.5. The van der Waals surface area contributed by atoms with E-state index < -0.39 is 17.8 Å². The molecule has 2 aliphatic heterocycles. The van der Waals surface area contributed by atoms with Crippen LogP contribution in [0.3, 0.4) is 0 Å². The van der Waals surface area contributed by atoms with Gasteiger partial charge in [0.05, 0.1) is 12.1 Å². The van der Waals surface area contributed by atoms with Gasteiger partial charge in [0.25, 0.3) is 0 Å². The first-order valence-corrected chi connectivity index (χ1v) is 14.4. The number of likely N-dealkylation sites (tertiary alicyclic amines) is 2. The fourth-order valence-electron chi connectivity index (χ4n) is 5.50. The minimum absolute atomic E-state index is 0.00633. The van der Waals surface area contributed by atoms with Crippen molar-refractivity contribution >= 4 is 40.2 Å². The number of amides is 2. The van der Waals surface area contributed by atoms with Crippen LogP contribution < -0.4 is 10.6 Å². The maximum atomic E-state index is 13.7. The van der Waals surface area contributed by atoms with Gasteiger partial charge in [-0.05, 0) is 75.4 Å². The Balaban J connectivity index is 1.47. The third-order valence-electron chi connectivity index (χ3n) is 7.78. The highest BCUT2D eigenvalue weighted by Crippen LogP contribution is 2.25. The topological polar surface area (TPSA) is 156 Å². The van der Waals surface area contributed by atoms with E-state index in [1.54, 1.807) is 21.9 Å². The van der Waals surface area contributed by atoms with Crippen molar-refractivity contribution in [2.75, 3.05) is 31.5 Å². The highest BCUT2D eigenvalue weighted by Gasteiger charge is 2.32. The lowest BCUT2D eigenvalue weighted by Crippen LogP contribution is -2.49. The van der Waals surface area contributed by atoms with E-state index in [0.29, 0.717) is 43.7 Å². The van der Waals surface area contributed by atoms with Crippen LogP contribution in [0.1, 0.15) is 58.6 Å². The maximum Gasteiger partial charge on any atom is 0.335 e. The Kier molecular flexibility index (Phi) is 8.76. The molecule has 11 heteroatoms. The standard InChI is InChI=1S/C32H33N5O6/c1-20-16-23-17-24(11-12-27(23)43-20)34-30(25(18-33)29(39)21-7-9-22(10-8-21)32(41)42)35-26-6-2-3-15-37(31(26)40)19-28(38)36-13-4-5-14-36/h7-12,16-17,26,34-35H,2-6,13-15,19H2,1H3,(H,41,42)/b30-25-. The second-order valence-corrected chi connectivity index (χ2v) is 10.8. The quantitative estimate of drug-likeness (QED) is 0.192. The number of carboxylic acids is 1. The molecular formula is C32H33N5O6.